The van der Waals surface area contributed by atoms with Crippen molar-refractivity contribution in [3.8, 4) is 0 Å². The van der Waals surface area contributed by atoms with Gasteiger partial charge in [-0.05, 0) is 49.4 Å². The molecule has 0 saturated heterocycles. The van der Waals surface area contributed by atoms with Crippen LogP contribution in [0.15, 0.2) is 48.5 Å². The second-order valence-electron chi connectivity index (χ2n) is 7.03. The standard InChI is InChI=1S/C21H29N3O3S/c1-17-12-13-18(2)20(15-17)24(28(26,27)23(3)4)16-21(25)22-14-8-11-19-9-6-5-7-10-19/h5-7,9-10,12-13,15H,8,11,14,16H2,1-4H3,(H,22,25). The predicted octanol–water partition coefficient (Wildman–Crippen LogP) is 2.67. The summed E-state index contributed by atoms with van der Waals surface area (Å²) in [4.78, 5) is 12.5. The fourth-order valence-corrected chi connectivity index (χ4v) is 3.95. The van der Waals surface area contributed by atoms with Gasteiger partial charge in [-0.2, -0.15) is 12.7 Å². The minimum absolute atomic E-state index is 0.254. The molecule has 0 radical (unpaired) electrons. The Bertz CT molecular complexity index is 896. The molecule has 0 saturated carbocycles. The van der Waals surface area contributed by atoms with Crippen LogP contribution in [-0.4, -0.2) is 45.8 Å². The number of nitrogens with one attached hydrogen (secondary N) is 1. The second-order valence-corrected chi connectivity index (χ2v) is 9.09. The molecular formula is C21H29N3O3S. The second kappa shape index (κ2) is 9.71. The topological polar surface area (TPSA) is 69.7 Å². The van der Waals surface area contributed by atoms with Crippen molar-refractivity contribution in [3.63, 3.8) is 0 Å². The van der Waals surface area contributed by atoms with Gasteiger partial charge in [0.2, 0.25) is 5.91 Å². The Hall–Kier alpha value is -2.38. The Morgan fingerprint density at radius 2 is 1.71 bits per heavy atom. The summed E-state index contributed by atoms with van der Waals surface area (Å²) in [7, 11) is -0.867. The zero-order chi connectivity index (χ0) is 20.7. The third-order valence-electron chi connectivity index (χ3n) is 4.47. The van der Waals surface area contributed by atoms with Crippen LogP contribution in [0.5, 0.6) is 0 Å². The molecule has 0 aliphatic carbocycles. The predicted molar refractivity (Wildman–Crippen MR) is 114 cm³/mol. The number of amides is 1. The number of benzene rings is 2. The van der Waals surface area contributed by atoms with Crippen LogP contribution >= 0.6 is 0 Å². The molecule has 152 valence electrons. The van der Waals surface area contributed by atoms with Gasteiger partial charge in [0.25, 0.3) is 0 Å². The van der Waals surface area contributed by atoms with Crippen LogP contribution in [0.2, 0.25) is 0 Å². The van der Waals surface area contributed by atoms with Crippen molar-refractivity contribution in [2.24, 2.45) is 0 Å². The van der Waals surface area contributed by atoms with Gasteiger partial charge in [-0.1, -0.05) is 42.5 Å². The first kappa shape index (κ1) is 21.9. The van der Waals surface area contributed by atoms with Gasteiger partial charge in [0.15, 0.2) is 0 Å². The quantitative estimate of drug-likeness (QED) is 0.655. The highest BCUT2D eigenvalue weighted by molar-refractivity contribution is 7.90. The molecule has 28 heavy (non-hydrogen) atoms. The van der Waals surface area contributed by atoms with Crippen LogP contribution in [-0.2, 0) is 21.4 Å². The lowest BCUT2D eigenvalue weighted by molar-refractivity contribution is -0.119. The Morgan fingerprint density at radius 3 is 2.36 bits per heavy atom. The molecule has 1 N–H and O–H groups in total. The van der Waals surface area contributed by atoms with Crippen LogP contribution in [0.4, 0.5) is 5.69 Å². The molecule has 0 aliphatic rings. The number of nitrogens with zero attached hydrogens (tertiary/aromatic N) is 2. The zero-order valence-electron chi connectivity index (χ0n) is 17.0. The van der Waals surface area contributed by atoms with E-state index in [1.807, 2.05) is 56.3 Å². The molecule has 2 aromatic rings. The minimum Gasteiger partial charge on any atom is -0.355 e. The lowest BCUT2D eigenvalue weighted by Gasteiger charge is -2.28. The zero-order valence-corrected chi connectivity index (χ0v) is 17.8. The SMILES string of the molecule is Cc1ccc(C)c(N(CC(=O)NCCCc2ccccc2)S(=O)(=O)N(C)C)c1. The Morgan fingerprint density at radius 1 is 1.04 bits per heavy atom. The molecule has 0 spiro atoms. The summed E-state index contributed by atoms with van der Waals surface area (Å²) < 4.78 is 27.9. The van der Waals surface area contributed by atoms with E-state index in [1.165, 1.54) is 24.0 Å². The van der Waals surface area contributed by atoms with Gasteiger partial charge in [-0.15, -0.1) is 0 Å². The fraction of sp³-hybridized carbons (Fsp3) is 0.381. The van der Waals surface area contributed by atoms with Crippen LogP contribution in [0.25, 0.3) is 0 Å². The highest BCUT2D eigenvalue weighted by Crippen LogP contribution is 2.25. The third kappa shape index (κ3) is 5.81. The highest BCUT2D eigenvalue weighted by Gasteiger charge is 2.28. The Kier molecular flexibility index (Phi) is 7.60. The van der Waals surface area contributed by atoms with Crippen molar-refractivity contribution in [1.29, 1.82) is 0 Å². The van der Waals surface area contributed by atoms with Crippen molar-refractivity contribution in [1.82, 2.24) is 9.62 Å². The van der Waals surface area contributed by atoms with E-state index in [0.29, 0.717) is 12.2 Å². The van der Waals surface area contributed by atoms with E-state index in [4.69, 9.17) is 0 Å². The van der Waals surface area contributed by atoms with Gasteiger partial charge in [0.1, 0.15) is 6.54 Å². The molecule has 0 fully saturated rings. The number of hydrogen-bond donors (Lipinski definition) is 1. The maximum absolute atomic E-state index is 12.8. The van der Waals surface area contributed by atoms with E-state index in [-0.39, 0.29) is 12.5 Å². The number of carbonyl (C=O) groups excluding carboxylic acids is 1. The molecule has 0 bridgehead atoms. The average molecular weight is 404 g/mol. The first-order valence-electron chi connectivity index (χ1n) is 9.30. The number of carbonyl (C=O) groups is 1. The molecule has 0 heterocycles. The monoisotopic (exact) mass is 403 g/mol. The van der Waals surface area contributed by atoms with E-state index in [0.717, 1.165) is 28.3 Å². The Labute approximate surface area is 168 Å². The fourth-order valence-electron chi connectivity index (χ4n) is 2.83. The summed E-state index contributed by atoms with van der Waals surface area (Å²) in [5.74, 6) is -0.320. The number of rotatable bonds is 9. The first-order valence-corrected chi connectivity index (χ1v) is 10.7. The van der Waals surface area contributed by atoms with Crippen molar-refractivity contribution in [2.75, 3.05) is 31.5 Å². The molecule has 0 aromatic heterocycles. The van der Waals surface area contributed by atoms with Crippen LogP contribution < -0.4 is 9.62 Å². The lowest BCUT2D eigenvalue weighted by atomic mass is 10.1. The molecule has 7 heteroatoms. The normalized spacial score (nSPS) is 11.5. The van der Waals surface area contributed by atoms with Gasteiger partial charge in [0, 0.05) is 20.6 Å². The van der Waals surface area contributed by atoms with E-state index < -0.39 is 10.2 Å². The molecule has 2 rings (SSSR count). The number of anilines is 1. The molecule has 0 atom stereocenters. The highest BCUT2D eigenvalue weighted by atomic mass is 32.2. The average Bonchev–Trinajstić information content (AvgIpc) is 2.66. The third-order valence-corrected chi connectivity index (χ3v) is 6.27. The maximum atomic E-state index is 12.8. The molecule has 0 aliphatic heterocycles. The van der Waals surface area contributed by atoms with Crippen LogP contribution in [0.3, 0.4) is 0 Å². The Balaban J connectivity index is 2.05. The molecule has 1 amide bonds. The van der Waals surface area contributed by atoms with E-state index in [2.05, 4.69) is 5.32 Å². The van der Waals surface area contributed by atoms with Gasteiger partial charge in [-0.3, -0.25) is 4.79 Å². The van der Waals surface area contributed by atoms with Crippen molar-refractivity contribution in [2.45, 2.75) is 26.7 Å². The first-order chi connectivity index (χ1) is 13.2. The summed E-state index contributed by atoms with van der Waals surface area (Å²) in [5, 5.41) is 2.83. The molecular weight excluding hydrogens is 374 g/mol. The van der Waals surface area contributed by atoms with Crippen LogP contribution in [0.1, 0.15) is 23.1 Å². The molecule has 0 unspecified atom stereocenters. The smallest absolute Gasteiger partial charge is 0.304 e. The summed E-state index contributed by atoms with van der Waals surface area (Å²) in [6, 6.07) is 15.6. The largest absolute Gasteiger partial charge is 0.355 e. The summed E-state index contributed by atoms with van der Waals surface area (Å²) in [6.07, 6.45) is 1.65. The van der Waals surface area contributed by atoms with Crippen molar-refractivity contribution in [3.05, 3.63) is 65.2 Å². The van der Waals surface area contributed by atoms with Crippen molar-refractivity contribution < 1.29 is 13.2 Å². The summed E-state index contributed by atoms with van der Waals surface area (Å²) >= 11 is 0. The minimum atomic E-state index is -3.79. The lowest BCUT2D eigenvalue weighted by Crippen LogP contribution is -2.46. The summed E-state index contributed by atoms with van der Waals surface area (Å²) in [6.45, 7) is 3.98. The molecule has 6 nitrogen and oxygen atoms in total. The van der Waals surface area contributed by atoms with E-state index >= 15 is 0 Å². The van der Waals surface area contributed by atoms with E-state index in [9.17, 15) is 13.2 Å². The van der Waals surface area contributed by atoms with Crippen LogP contribution in [0, 0.1) is 13.8 Å². The molecule has 2 aromatic carbocycles. The number of hydrogen-bond acceptors (Lipinski definition) is 3. The maximum Gasteiger partial charge on any atom is 0.304 e. The van der Waals surface area contributed by atoms with Gasteiger partial charge < -0.3 is 5.32 Å². The van der Waals surface area contributed by atoms with Gasteiger partial charge >= 0.3 is 10.2 Å². The van der Waals surface area contributed by atoms with E-state index in [1.54, 1.807) is 6.07 Å². The number of aryl methyl sites for hydroxylation is 3. The van der Waals surface area contributed by atoms with Gasteiger partial charge in [0.05, 0.1) is 5.69 Å². The van der Waals surface area contributed by atoms with Crippen molar-refractivity contribution >= 4 is 21.8 Å². The van der Waals surface area contributed by atoms with Gasteiger partial charge in [-0.25, -0.2) is 4.31 Å². The summed E-state index contributed by atoms with van der Waals surface area (Å²) in [5.41, 5.74) is 3.47.